The van der Waals surface area contributed by atoms with E-state index in [1.54, 1.807) is 10.9 Å². The molecule has 6 rings (SSSR count). The van der Waals surface area contributed by atoms with Gasteiger partial charge in [-0.2, -0.15) is 0 Å². The first-order valence-corrected chi connectivity index (χ1v) is 10.6. The van der Waals surface area contributed by atoms with Gasteiger partial charge in [0, 0.05) is 6.54 Å². The van der Waals surface area contributed by atoms with E-state index in [2.05, 4.69) is 12.1 Å². The van der Waals surface area contributed by atoms with E-state index in [1.807, 2.05) is 77.4 Å². The molecule has 0 aliphatic rings. The van der Waals surface area contributed by atoms with Crippen LogP contribution >= 0.6 is 0 Å². The fourth-order valence-electron chi connectivity index (χ4n) is 4.17. The first-order valence-electron chi connectivity index (χ1n) is 10.6. The van der Waals surface area contributed by atoms with Gasteiger partial charge < -0.3 is 4.57 Å². The fraction of sp³-hybridized carbons (Fsp3) is 0.0769. The molecule has 6 heteroatoms. The summed E-state index contributed by atoms with van der Waals surface area (Å²) in [6, 6.07) is 27.5. The van der Waals surface area contributed by atoms with Crippen molar-refractivity contribution in [1.82, 2.24) is 24.1 Å². The van der Waals surface area contributed by atoms with E-state index in [9.17, 15) is 4.79 Å². The number of aryl methyl sites for hydroxylation is 2. The van der Waals surface area contributed by atoms with Crippen LogP contribution in [0.25, 0.3) is 38.9 Å². The number of hydrogen-bond donors (Lipinski definition) is 0. The van der Waals surface area contributed by atoms with Gasteiger partial charge in [-0.3, -0.25) is 9.36 Å². The second kappa shape index (κ2) is 7.42. The average Bonchev–Trinajstić information content (AvgIpc) is 3.16. The predicted octanol–water partition coefficient (Wildman–Crippen LogP) is 4.53. The van der Waals surface area contributed by atoms with Crippen LogP contribution in [0.4, 0.5) is 0 Å². The van der Waals surface area contributed by atoms with E-state index in [1.165, 1.54) is 5.56 Å². The predicted molar refractivity (Wildman–Crippen MR) is 126 cm³/mol. The third-order valence-electron chi connectivity index (χ3n) is 5.75. The number of hydrogen-bond acceptors (Lipinski definition) is 4. The number of aromatic nitrogens is 5. The minimum absolute atomic E-state index is 0.144. The lowest BCUT2D eigenvalue weighted by atomic mass is 10.1. The normalized spacial score (nSPS) is 11.5. The summed E-state index contributed by atoms with van der Waals surface area (Å²) in [5.41, 5.74) is 5.29. The summed E-state index contributed by atoms with van der Waals surface area (Å²) >= 11 is 0. The molecule has 0 aliphatic carbocycles. The summed E-state index contributed by atoms with van der Waals surface area (Å²) in [4.78, 5) is 28.0. The van der Waals surface area contributed by atoms with Gasteiger partial charge >= 0.3 is 0 Å². The van der Waals surface area contributed by atoms with E-state index in [-0.39, 0.29) is 5.56 Å². The Labute approximate surface area is 183 Å². The summed E-state index contributed by atoms with van der Waals surface area (Å²) in [6.45, 7) is 0.652. The van der Waals surface area contributed by atoms with Gasteiger partial charge in [0.2, 0.25) is 0 Å². The van der Waals surface area contributed by atoms with Gasteiger partial charge in [0.15, 0.2) is 11.3 Å². The van der Waals surface area contributed by atoms with Crippen LogP contribution in [-0.4, -0.2) is 24.1 Å². The SMILES string of the molecule is O=c1c2c3nc4ccccc4nc3n(CCc3ccccc3)c2ncn1-c1ccccc1. The van der Waals surface area contributed by atoms with Crippen molar-refractivity contribution in [1.29, 1.82) is 0 Å². The van der Waals surface area contributed by atoms with Crippen molar-refractivity contribution in [3.63, 3.8) is 0 Å². The lowest BCUT2D eigenvalue weighted by molar-refractivity contribution is 0.729. The van der Waals surface area contributed by atoms with Crippen LogP contribution in [0.5, 0.6) is 0 Å². The molecule has 0 saturated heterocycles. The Hall–Kier alpha value is -4.32. The highest BCUT2D eigenvalue weighted by atomic mass is 16.1. The summed E-state index contributed by atoms with van der Waals surface area (Å²) in [5, 5.41) is 0.498. The van der Waals surface area contributed by atoms with Crippen LogP contribution < -0.4 is 5.56 Å². The third kappa shape index (κ3) is 2.96. The maximum absolute atomic E-state index is 13.6. The second-order valence-corrected chi connectivity index (χ2v) is 7.73. The molecule has 0 saturated carbocycles. The Morgan fingerprint density at radius 3 is 2.12 bits per heavy atom. The second-order valence-electron chi connectivity index (χ2n) is 7.73. The van der Waals surface area contributed by atoms with Gasteiger partial charge in [-0.15, -0.1) is 0 Å². The van der Waals surface area contributed by atoms with E-state index in [0.717, 1.165) is 23.1 Å². The van der Waals surface area contributed by atoms with Crippen molar-refractivity contribution in [2.45, 2.75) is 13.0 Å². The maximum atomic E-state index is 13.6. The van der Waals surface area contributed by atoms with E-state index in [0.29, 0.717) is 28.7 Å². The maximum Gasteiger partial charge on any atom is 0.269 e. The highest BCUT2D eigenvalue weighted by molar-refractivity contribution is 6.04. The largest absolute Gasteiger partial charge is 0.308 e. The quantitative estimate of drug-likeness (QED) is 0.423. The lowest BCUT2D eigenvalue weighted by Gasteiger charge is -2.08. The Balaban J connectivity index is 1.63. The molecule has 3 aromatic heterocycles. The van der Waals surface area contributed by atoms with Crippen LogP contribution in [0.2, 0.25) is 0 Å². The molecule has 3 aromatic carbocycles. The average molecular weight is 417 g/mol. The van der Waals surface area contributed by atoms with Gasteiger partial charge in [-0.05, 0) is 36.2 Å². The van der Waals surface area contributed by atoms with Crippen LogP contribution in [0.1, 0.15) is 5.56 Å². The smallest absolute Gasteiger partial charge is 0.269 e. The third-order valence-corrected chi connectivity index (χ3v) is 5.75. The molecule has 154 valence electrons. The zero-order valence-corrected chi connectivity index (χ0v) is 17.2. The van der Waals surface area contributed by atoms with Crippen LogP contribution in [-0.2, 0) is 13.0 Å². The standard InChI is InChI=1S/C26H19N5O/c32-26-22-23-25(29-21-14-8-7-13-20(21)28-23)30(16-15-18-9-3-1-4-10-18)24(22)27-17-31(26)19-11-5-2-6-12-19/h1-14,17H,15-16H2. The number of nitrogens with zero attached hydrogens (tertiary/aromatic N) is 5. The molecule has 6 nitrogen and oxygen atoms in total. The zero-order chi connectivity index (χ0) is 21.5. The van der Waals surface area contributed by atoms with Crippen molar-refractivity contribution >= 4 is 33.2 Å². The summed E-state index contributed by atoms with van der Waals surface area (Å²) in [7, 11) is 0. The monoisotopic (exact) mass is 417 g/mol. The molecule has 0 aliphatic heterocycles. The molecular weight excluding hydrogens is 398 g/mol. The molecule has 32 heavy (non-hydrogen) atoms. The lowest BCUT2D eigenvalue weighted by Crippen LogP contribution is -2.19. The van der Waals surface area contributed by atoms with Crippen molar-refractivity contribution < 1.29 is 0 Å². The van der Waals surface area contributed by atoms with E-state index >= 15 is 0 Å². The summed E-state index contributed by atoms with van der Waals surface area (Å²) in [6.07, 6.45) is 2.40. The summed E-state index contributed by atoms with van der Waals surface area (Å²) in [5.74, 6) is 0. The van der Waals surface area contributed by atoms with Gasteiger partial charge in [-0.25, -0.2) is 15.0 Å². The Morgan fingerprint density at radius 1 is 0.719 bits per heavy atom. The highest BCUT2D eigenvalue weighted by Crippen LogP contribution is 2.25. The molecule has 3 heterocycles. The molecule has 6 aromatic rings. The Kier molecular flexibility index (Phi) is 4.28. The van der Waals surface area contributed by atoms with Crippen LogP contribution in [0.3, 0.4) is 0 Å². The summed E-state index contributed by atoms with van der Waals surface area (Å²) < 4.78 is 3.59. The first kappa shape index (κ1) is 18.4. The van der Waals surface area contributed by atoms with Crippen molar-refractivity contribution in [3.05, 3.63) is 107 Å². The molecule has 0 atom stereocenters. The van der Waals surface area contributed by atoms with Crippen LogP contribution in [0.15, 0.2) is 96.1 Å². The Bertz CT molecular complexity index is 1640. The first-order chi connectivity index (χ1) is 15.8. The van der Waals surface area contributed by atoms with Crippen molar-refractivity contribution in [2.24, 2.45) is 0 Å². The van der Waals surface area contributed by atoms with E-state index < -0.39 is 0 Å². The highest BCUT2D eigenvalue weighted by Gasteiger charge is 2.20. The fourth-order valence-corrected chi connectivity index (χ4v) is 4.17. The Morgan fingerprint density at radius 2 is 1.38 bits per heavy atom. The minimum atomic E-state index is -0.144. The number of fused-ring (bicyclic) bond motifs is 4. The van der Waals surface area contributed by atoms with Gasteiger partial charge in [0.05, 0.1) is 16.7 Å². The topological polar surface area (TPSA) is 65.6 Å². The van der Waals surface area contributed by atoms with Gasteiger partial charge in [-0.1, -0.05) is 60.7 Å². The van der Waals surface area contributed by atoms with Gasteiger partial charge in [0.25, 0.3) is 5.56 Å². The van der Waals surface area contributed by atoms with Crippen molar-refractivity contribution in [3.8, 4) is 5.69 Å². The van der Waals surface area contributed by atoms with Gasteiger partial charge in [0.1, 0.15) is 17.2 Å². The molecule has 0 N–H and O–H groups in total. The molecule has 0 radical (unpaired) electrons. The van der Waals surface area contributed by atoms with Crippen LogP contribution in [0, 0.1) is 0 Å². The molecule has 0 fully saturated rings. The minimum Gasteiger partial charge on any atom is -0.308 e. The number of rotatable bonds is 4. The number of benzene rings is 3. The zero-order valence-electron chi connectivity index (χ0n) is 17.2. The van der Waals surface area contributed by atoms with Crippen molar-refractivity contribution in [2.75, 3.05) is 0 Å². The molecular formula is C26H19N5O. The van der Waals surface area contributed by atoms with E-state index in [4.69, 9.17) is 15.0 Å². The molecule has 0 bridgehead atoms. The molecule has 0 spiro atoms. The molecule has 0 unspecified atom stereocenters. The molecule has 0 amide bonds. The number of para-hydroxylation sites is 3.